The third-order valence-electron chi connectivity index (χ3n) is 4.70. The van der Waals surface area contributed by atoms with E-state index in [2.05, 4.69) is 35.3 Å². The van der Waals surface area contributed by atoms with Crippen molar-refractivity contribution >= 4 is 22.6 Å². The molecule has 0 fully saturated rings. The Hall–Kier alpha value is -2.62. The van der Waals surface area contributed by atoms with Crippen molar-refractivity contribution in [2.75, 3.05) is 0 Å². The van der Waals surface area contributed by atoms with E-state index in [0.717, 1.165) is 28.0 Å². The molecular weight excluding hydrogens is 318 g/mol. The van der Waals surface area contributed by atoms with Crippen LogP contribution in [-0.4, -0.2) is 9.97 Å². The van der Waals surface area contributed by atoms with Crippen LogP contribution in [0.3, 0.4) is 0 Å². The van der Waals surface area contributed by atoms with Crippen LogP contribution in [0.15, 0.2) is 60.7 Å². The fraction of sp³-hybridized carbons (Fsp3) is 0.0500. The number of nitrogens with one attached hydrogen (secondary N) is 1. The molecule has 3 nitrogen and oxygen atoms in total. The topological polar surface area (TPSA) is 54.7 Å². The standard InChI is InChI=1S/C20H14ClN3/c21-11-8-9-16-17(10-11)24-20(23-16)15-7-3-6-14-18(15)12-4-1-2-5-13(12)19(14)22/h1-10,19H,22H2,(H,23,24). The Labute approximate surface area is 144 Å². The van der Waals surface area contributed by atoms with Crippen LogP contribution in [0.4, 0.5) is 0 Å². The number of imidazole rings is 1. The summed E-state index contributed by atoms with van der Waals surface area (Å²) < 4.78 is 0. The molecular formula is C20H14ClN3. The fourth-order valence-corrected chi connectivity index (χ4v) is 3.77. The van der Waals surface area contributed by atoms with Gasteiger partial charge in [-0.1, -0.05) is 54.1 Å². The maximum atomic E-state index is 6.45. The Kier molecular flexibility index (Phi) is 2.84. The number of hydrogen-bond acceptors (Lipinski definition) is 2. The van der Waals surface area contributed by atoms with Crippen LogP contribution in [0.2, 0.25) is 5.02 Å². The minimum absolute atomic E-state index is 0.0880. The van der Waals surface area contributed by atoms with Crippen molar-refractivity contribution in [3.8, 4) is 22.5 Å². The summed E-state index contributed by atoms with van der Waals surface area (Å²) in [6.07, 6.45) is 0. The number of aromatic amines is 1. The molecule has 4 heteroatoms. The third kappa shape index (κ3) is 1.86. The number of fused-ring (bicyclic) bond motifs is 4. The quantitative estimate of drug-likeness (QED) is 0.520. The maximum Gasteiger partial charge on any atom is 0.139 e. The second-order valence-electron chi connectivity index (χ2n) is 6.08. The van der Waals surface area contributed by atoms with Gasteiger partial charge in [0.25, 0.3) is 0 Å². The highest BCUT2D eigenvalue weighted by molar-refractivity contribution is 6.31. The maximum absolute atomic E-state index is 6.45. The molecule has 0 spiro atoms. The van der Waals surface area contributed by atoms with Gasteiger partial charge in [-0.2, -0.15) is 0 Å². The van der Waals surface area contributed by atoms with Crippen LogP contribution in [0.1, 0.15) is 17.2 Å². The zero-order valence-corrected chi connectivity index (χ0v) is 13.5. The van der Waals surface area contributed by atoms with Gasteiger partial charge < -0.3 is 10.7 Å². The normalized spacial score (nSPS) is 15.5. The molecule has 4 aromatic rings. The van der Waals surface area contributed by atoms with Crippen molar-refractivity contribution in [3.63, 3.8) is 0 Å². The summed E-state index contributed by atoms with van der Waals surface area (Å²) in [6.45, 7) is 0. The SMILES string of the molecule is NC1c2ccccc2-c2c(-c3nc4ccc(Cl)cc4[nH]3)cccc21. The molecule has 24 heavy (non-hydrogen) atoms. The molecule has 5 rings (SSSR count). The lowest BCUT2D eigenvalue weighted by Gasteiger charge is -2.08. The van der Waals surface area contributed by atoms with Crippen molar-refractivity contribution in [1.29, 1.82) is 0 Å². The third-order valence-corrected chi connectivity index (χ3v) is 4.93. The van der Waals surface area contributed by atoms with Crippen LogP contribution in [0, 0.1) is 0 Å². The smallest absolute Gasteiger partial charge is 0.139 e. The second kappa shape index (κ2) is 4.94. The Morgan fingerprint density at radius 3 is 2.62 bits per heavy atom. The number of benzene rings is 3. The fourth-order valence-electron chi connectivity index (χ4n) is 3.60. The Balaban J connectivity index is 1.79. The van der Waals surface area contributed by atoms with Gasteiger partial charge in [0.15, 0.2) is 0 Å². The number of rotatable bonds is 1. The van der Waals surface area contributed by atoms with Gasteiger partial charge in [-0.3, -0.25) is 0 Å². The average molecular weight is 332 g/mol. The summed E-state index contributed by atoms with van der Waals surface area (Å²) in [4.78, 5) is 8.14. The first-order chi connectivity index (χ1) is 11.7. The Morgan fingerprint density at radius 2 is 1.71 bits per heavy atom. The van der Waals surface area contributed by atoms with Gasteiger partial charge in [0, 0.05) is 10.6 Å². The van der Waals surface area contributed by atoms with Gasteiger partial charge in [0.2, 0.25) is 0 Å². The molecule has 1 aromatic heterocycles. The van der Waals surface area contributed by atoms with Crippen LogP contribution < -0.4 is 5.73 Å². The second-order valence-corrected chi connectivity index (χ2v) is 6.52. The largest absolute Gasteiger partial charge is 0.338 e. The van der Waals surface area contributed by atoms with Crippen LogP contribution in [0.5, 0.6) is 0 Å². The first-order valence-corrected chi connectivity index (χ1v) is 8.23. The number of nitrogens with two attached hydrogens (primary N) is 1. The van der Waals surface area contributed by atoms with E-state index in [9.17, 15) is 0 Å². The van der Waals surface area contributed by atoms with Crippen LogP contribution >= 0.6 is 11.6 Å². The Morgan fingerprint density at radius 1 is 0.917 bits per heavy atom. The van der Waals surface area contributed by atoms with E-state index in [1.165, 1.54) is 16.7 Å². The highest BCUT2D eigenvalue weighted by Crippen LogP contribution is 2.46. The monoisotopic (exact) mass is 331 g/mol. The van der Waals surface area contributed by atoms with E-state index in [4.69, 9.17) is 22.3 Å². The van der Waals surface area contributed by atoms with Crippen LogP contribution in [-0.2, 0) is 0 Å². The average Bonchev–Trinajstić information content (AvgIpc) is 3.15. The molecule has 0 amide bonds. The summed E-state index contributed by atoms with van der Waals surface area (Å²) in [5.41, 5.74) is 14.0. The number of nitrogens with zero attached hydrogens (tertiary/aromatic N) is 1. The molecule has 1 heterocycles. The zero-order valence-electron chi connectivity index (χ0n) is 12.8. The van der Waals surface area contributed by atoms with Crippen molar-refractivity contribution in [2.45, 2.75) is 6.04 Å². The number of halogens is 1. The highest BCUT2D eigenvalue weighted by Gasteiger charge is 2.28. The summed E-state index contributed by atoms with van der Waals surface area (Å²) in [5, 5.41) is 0.698. The molecule has 1 unspecified atom stereocenters. The van der Waals surface area contributed by atoms with Crippen molar-refractivity contribution < 1.29 is 0 Å². The molecule has 1 aliphatic rings. The molecule has 0 bridgehead atoms. The molecule has 116 valence electrons. The molecule has 3 N–H and O–H groups in total. The van der Waals surface area contributed by atoms with Gasteiger partial charge in [-0.15, -0.1) is 0 Å². The van der Waals surface area contributed by atoms with E-state index < -0.39 is 0 Å². The number of hydrogen-bond donors (Lipinski definition) is 2. The van der Waals surface area contributed by atoms with Crippen molar-refractivity contribution in [3.05, 3.63) is 76.8 Å². The minimum Gasteiger partial charge on any atom is -0.338 e. The number of H-pyrrole nitrogens is 1. The van der Waals surface area contributed by atoms with Gasteiger partial charge in [-0.05, 0) is 40.5 Å². The molecule has 1 aliphatic carbocycles. The van der Waals surface area contributed by atoms with E-state index in [0.29, 0.717) is 5.02 Å². The minimum atomic E-state index is -0.0880. The highest BCUT2D eigenvalue weighted by atomic mass is 35.5. The van der Waals surface area contributed by atoms with E-state index in [-0.39, 0.29) is 6.04 Å². The van der Waals surface area contributed by atoms with Crippen molar-refractivity contribution in [1.82, 2.24) is 9.97 Å². The van der Waals surface area contributed by atoms with E-state index in [1.807, 2.05) is 30.3 Å². The predicted molar refractivity (Wildman–Crippen MR) is 98.0 cm³/mol. The lowest BCUT2D eigenvalue weighted by molar-refractivity contribution is 0.901. The molecule has 3 aromatic carbocycles. The molecule has 0 saturated carbocycles. The molecule has 0 radical (unpaired) electrons. The number of aromatic nitrogens is 2. The summed E-state index contributed by atoms with van der Waals surface area (Å²) in [6, 6.07) is 20.1. The summed E-state index contributed by atoms with van der Waals surface area (Å²) in [7, 11) is 0. The lowest BCUT2D eigenvalue weighted by atomic mass is 9.99. The Bertz CT molecular complexity index is 1100. The van der Waals surface area contributed by atoms with Gasteiger partial charge in [-0.25, -0.2) is 4.98 Å². The van der Waals surface area contributed by atoms with E-state index in [1.54, 1.807) is 0 Å². The predicted octanol–water partition coefficient (Wildman–Crippen LogP) is 4.91. The molecule has 0 aliphatic heterocycles. The van der Waals surface area contributed by atoms with Gasteiger partial charge in [0.1, 0.15) is 5.82 Å². The van der Waals surface area contributed by atoms with E-state index >= 15 is 0 Å². The van der Waals surface area contributed by atoms with Crippen LogP contribution in [0.25, 0.3) is 33.5 Å². The molecule has 0 saturated heterocycles. The first kappa shape index (κ1) is 13.8. The summed E-state index contributed by atoms with van der Waals surface area (Å²) in [5.74, 6) is 0.841. The summed E-state index contributed by atoms with van der Waals surface area (Å²) >= 11 is 6.09. The van der Waals surface area contributed by atoms with Gasteiger partial charge in [0.05, 0.1) is 17.1 Å². The molecule has 1 atom stereocenters. The van der Waals surface area contributed by atoms with Crippen molar-refractivity contribution in [2.24, 2.45) is 5.73 Å². The lowest BCUT2D eigenvalue weighted by Crippen LogP contribution is -2.07. The zero-order chi connectivity index (χ0) is 16.3. The first-order valence-electron chi connectivity index (χ1n) is 7.86. The van der Waals surface area contributed by atoms with Gasteiger partial charge >= 0.3 is 0 Å².